The van der Waals surface area contributed by atoms with E-state index in [4.69, 9.17) is 9.47 Å². The van der Waals surface area contributed by atoms with Crippen molar-refractivity contribution in [3.8, 4) is 0 Å². The number of aromatic nitrogens is 2. The van der Waals surface area contributed by atoms with Crippen LogP contribution in [0.15, 0.2) is 36.5 Å². The zero-order valence-electron chi connectivity index (χ0n) is 17.7. The molecule has 31 heavy (non-hydrogen) atoms. The lowest BCUT2D eigenvalue weighted by Gasteiger charge is -2.18. The molecule has 0 radical (unpaired) electrons. The molecule has 9 heteroatoms. The van der Waals surface area contributed by atoms with Crippen LogP contribution in [0.3, 0.4) is 0 Å². The first-order valence-electron chi connectivity index (χ1n) is 9.89. The van der Waals surface area contributed by atoms with Crippen molar-refractivity contribution in [1.29, 1.82) is 0 Å². The molecular formula is C22H23N3O6. The highest BCUT2D eigenvalue weighted by Gasteiger charge is 2.26. The van der Waals surface area contributed by atoms with Gasteiger partial charge in [0.1, 0.15) is 11.8 Å². The van der Waals surface area contributed by atoms with E-state index in [-0.39, 0.29) is 18.4 Å². The zero-order chi connectivity index (χ0) is 22.7. The number of hydrogen-bond donors (Lipinski definition) is 0. The third-order valence-corrected chi connectivity index (χ3v) is 4.89. The number of pyridine rings is 1. The minimum Gasteiger partial charge on any atom is -0.459 e. The highest BCUT2D eigenvalue weighted by atomic mass is 16.6. The van der Waals surface area contributed by atoms with Crippen LogP contribution in [0.5, 0.6) is 0 Å². The second-order valence-corrected chi connectivity index (χ2v) is 6.93. The highest BCUT2D eigenvalue weighted by Crippen LogP contribution is 2.29. The van der Waals surface area contributed by atoms with Crippen LogP contribution in [-0.4, -0.2) is 58.1 Å². The quantitative estimate of drug-likeness (QED) is 0.466. The molecule has 0 bridgehead atoms. The van der Waals surface area contributed by atoms with Crippen molar-refractivity contribution in [1.82, 2.24) is 14.5 Å². The SMILES string of the molecule is CCOC(=O)C(=O)n1c2ccccc2c2cc(C(=O)N(C)C(=O)OC(C)CC)ncc21. The standard InChI is InChI=1S/C22H23N3O6/c1-5-13(3)31-22(29)24(4)19(26)16-11-15-14-9-7-8-10-17(14)25(18(15)12-23-16)20(27)21(28)30-6-2/h7-13H,5-6H2,1-4H3. The highest BCUT2D eigenvalue weighted by molar-refractivity contribution is 6.37. The Morgan fingerprint density at radius 2 is 1.81 bits per heavy atom. The van der Waals surface area contributed by atoms with Gasteiger partial charge < -0.3 is 9.47 Å². The Balaban J connectivity index is 2.06. The van der Waals surface area contributed by atoms with E-state index >= 15 is 0 Å². The van der Waals surface area contributed by atoms with Gasteiger partial charge in [0.2, 0.25) is 0 Å². The van der Waals surface area contributed by atoms with Gasteiger partial charge in [-0.25, -0.2) is 19.5 Å². The normalized spacial score (nSPS) is 11.9. The third-order valence-electron chi connectivity index (χ3n) is 4.89. The fraction of sp³-hybridized carbons (Fsp3) is 0.318. The van der Waals surface area contributed by atoms with Crippen LogP contribution in [-0.2, 0) is 14.3 Å². The van der Waals surface area contributed by atoms with Crippen molar-refractivity contribution in [3.05, 3.63) is 42.2 Å². The van der Waals surface area contributed by atoms with Crippen molar-refractivity contribution in [2.24, 2.45) is 0 Å². The molecular weight excluding hydrogens is 402 g/mol. The van der Waals surface area contributed by atoms with Crippen LogP contribution in [0, 0.1) is 0 Å². The summed E-state index contributed by atoms with van der Waals surface area (Å²) in [5.41, 5.74) is 0.828. The summed E-state index contributed by atoms with van der Waals surface area (Å²) in [5.74, 6) is -2.50. The lowest BCUT2D eigenvalue weighted by Crippen LogP contribution is -2.35. The Hall–Kier alpha value is -3.75. The summed E-state index contributed by atoms with van der Waals surface area (Å²) in [5, 5.41) is 1.19. The molecule has 3 rings (SSSR count). The molecule has 2 amide bonds. The number of esters is 1. The summed E-state index contributed by atoms with van der Waals surface area (Å²) >= 11 is 0. The van der Waals surface area contributed by atoms with Gasteiger partial charge in [-0.2, -0.15) is 0 Å². The number of benzene rings is 1. The molecule has 3 aromatic rings. The molecule has 0 N–H and O–H groups in total. The molecule has 9 nitrogen and oxygen atoms in total. The van der Waals surface area contributed by atoms with Gasteiger partial charge in [-0.15, -0.1) is 0 Å². The molecule has 1 aromatic carbocycles. The Kier molecular flexibility index (Phi) is 6.33. The first-order chi connectivity index (χ1) is 14.8. The molecule has 1 atom stereocenters. The van der Waals surface area contributed by atoms with Crippen molar-refractivity contribution in [2.75, 3.05) is 13.7 Å². The van der Waals surface area contributed by atoms with E-state index in [1.807, 2.05) is 6.92 Å². The van der Waals surface area contributed by atoms with Gasteiger partial charge in [0.25, 0.3) is 5.91 Å². The molecule has 0 aliphatic carbocycles. The van der Waals surface area contributed by atoms with E-state index in [0.29, 0.717) is 28.2 Å². The fourth-order valence-corrected chi connectivity index (χ4v) is 3.08. The monoisotopic (exact) mass is 425 g/mol. The summed E-state index contributed by atoms with van der Waals surface area (Å²) in [6.07, 6.45) is 0.839. The van der Waals surface area contributed by atoms with Crippen LogP contribution in [0.4, 0.5) is 4.79 Å². The van der Waals surface area contributed by atoms with Crippen molar-refractivity contribution in [3.63, 3.8) is 0 Å². The first-order valence-corrected chi connectivity index (χ1v) is 9.89. The number of hydrogen-bond acceptors (Lipinski definition) is 7. The summed E-state index contributed by atoms with van der Waals surface area (Å²) in [4.78, 5) is 54.7. The maximum atomic E-state index is 12.8. The average Bonchev–Trinajstić information content (AvgIpc) is 3.11. The number of imide groups is 1. The van der Waals surface area contributed by atoms with Gasteiger partial charge in [-0.05, 0) is 32.4 Å². The Labute approximate surface area is 178 Å². The Bertz CT molecular complexity index is 1180. The molecule has 0 aliphatic rings. The Morgan fingerprint density at radius 1 is 1.10 bits per heavy atom. The van der Waals surface area contributed by atoms with E-state index < -0.39 is 23.9 Å². The van der Waals surface area contributed by atoms with Crippen molar-refractivity contribution in [2.45, 2.75) is 33.3 Å². The predicted octanol–water partition coefficient (Wildman–Crippen LogP) is 3.40. The lowest BCUT2D eigenvalue weighted by molar-refractivity contribution is -0.138. The van der Waals surface area contributed by atoms with Crippen molar-refractivity contribution < 1.29 is 28.7 Å². The molecule has 2 aromatic heterocycles. The van der Waals surface area contributed by atoms with Crippen molar-refractivity contribution >= 4 is 45.7 Å². The van der Waals surface area contributed by atoms with Gasteiger partial charge in [-0.3, -0.25) is 14.2 Å². The second kappa shape index (κ2) is 8.95. The summed E-state index contributed by atoms with van der Waals surface area (Å²) in [7, 11) is 1.31. The first kappa shape index (κ1) is 21.9. The fourth-order valence-electron chi connectivity index (χ4n) is 3.08. The zero-order valence-corrected chi connectivity index (χ0v) is 17.7. The molecule has 0 fully saturated rings. The molecule has 162 valence electrons. The van der Waals surface area contributed by atoms with Crippen LogP contribution >= 0.6 is 0 Å². The number of rotatable bonds is 4. The van der Waals surface area contributed by atoms with Crippen LogP contribution < -0.4 is 0 Å². The lowest BCUT2D eigenvalue weighted by atomic mass is 10.1. The molecule has 0 saturated heterocycles. The van der Waals surface area contributed by atoms with E-state index in [1.165, 1.54) is 23.9 Å². The minimum absolute atomic E-state index is 0.00240. The number of amides is 2. The Morgan fingerprint density at radius 3 is 2.48 bits per heavy atom. The van der Waals surface area contributed by atoms with E-state index in [0.717, 1.165) is 4.90 Å². The third kappa shape index (κ3) is 4.11. The molecule has 0 aliphatic heterocycles. The van der Waals surface area contributed by atoms with Crippen LogP contribution in [0.25, 0.3) is 21.8 Å². The maximum absolute atomic E-state index is 12.8. The molecule has 0 saturated carbocycles. The van der Waals surface area contributed by atoms with Gasteiger partial charge >= 0.3 is 18.0 Å². The van der Waals surface area contributed by atoms with Gasteiger partial charge in [0.15, 0.2) is 0 Å². The topological polar surface area (TPSA) is 108 Å². The second-order valence-electron chi connectivity index (χ2n) is 6.93. The largest absolute Gasteiger partial charge is 0.459 e. The van der Waals surface area contributed by atoms with Gasteiger partial charge in [0.05, 0.1) is 23.8 Å². The number of ether oxygens (including phenoxy) is 2. The maximum Gasteiger partial charge on any atom is 0.416 e. The molecule has 2 heterocycles. The average molecular weight is 425 g/mol. The van der Waals surface area contributed by atoms with Crippen LogP contribution in [0.1, 0.15) is 42.5 Å². The summed E-state index contributed by atoms with van der Waals surface area (Å²) in [6, 6.07) is 8.44. The smallest absolute Gasteiger partial charge is 0.416 e. The van der Waals surface area contributed by atoms with Gasteiger partial charge in [0, 0.05) is 17.8 Å². The molecule has 1 unspecified atom stereocenters. The number of carbonyl (C=O) groups is 4. The van der Waals surface area contributed by atoms with E-state index in [1.54, 1.807) is 38.1 Å². The number of fused-ring (bicyclic) bond motifs is 3. The van der Waals surface area contributed by atoms with E-state index in [2.05, 4.69) is 4.98 Å². The summed E-state index contributed by atoms with van der Waals surface area (Å²) < 4.78 is 11.2. The number of carbonyl (C=O) groups excluding carboxylic acids is 4. The van der Waals surface area contributed by atoms with Gasteiger partial charge in [-0.1, -0.05) is 25.1 Å². The predicted molar refractivity (Wildman–Crippen MR) is 113 cm³/mol. The van der Waals surface area contributed by atoms with Crippen LogP contribution in [0.2, 0.25) is 0 Å². The minimum atomic E-state index is -0.988. The number of para-hydroxylation sites is 1. The van der Waals surface area contributed by atoms with E-state index in [9.17, 15) is 19.2 Å². The summed E-state index contributed by atoms with van der Waals surface area (Å²) in [6.45, 7) is 5.27. The molecule has 0 spiro atoms. The number of nitrogens with zero attached hydrogens (tertiary/aromatic N) is 3.